The number of nitrogens with two attached hydrogens (primary N) is 1. The summed E-state index contributed by atoms with van der Waals surface area (Å²) in [6.07, 6.45) is 1.92. The zero-order chi connectivity index (χ0) is 12.7. The molecule has 0 unspecified atom stereocenters. The van der Waals surface area contributed by atoms with Crippen LogP contribution in [0.3, 0.4) is 0 Å². The van der Waals surface area contributed by atoms with Crippen LogP contribution in [0, 0.1) is 0 Å². The number of carbonyl (C=O) groups is 1. The summed E-state index contributed by atoms with van der Waals surface area (Å²) >= 11 is 0. The smallest absolute Gasteiger partial charge is 0.344 e. The van der Waals surface area contributed by atoms with Crippen molar-refractivity contribution in [1.82, 2.24) is 0 Å². The maximum atomic E-state index is 11.1. The standard InChI is InChI=1S/C13H19NO3/c1-3-5-10-8-11(6-7-12(10)14)17-9-13(15)16-4-2/h6-8H,3-5,9,14H2,1-2H3. The molecule has 0 spiro atoms. The highest BCUT2D eigenvalue weighted by molar-refractivity contribution is 5.71. The summed E-state index contributed by atoms with van der Waals surface area (Å²) in [5.74, 6) is 0.289. The molecule has 17 heavy (non-hydrogen) atoms. The van der Waals surface area contributed by atoms with Gasteiger partial charge in [0.25, 0.3) is 0 Å². The Morgan fingerprint density at radius 3 is 2.76 bits per heavy atom. The number of rotatable bonds is 6. The molecule has 0 aliphatic rings. The SMILES string of the molecule is CCCc1cc(OCC(=O)OCC)ccc1N. The van der Waals surface area contributed by atoms with Gasteiger partial charge in [-0.3, -0.25) is 0 Å². The molecule has 4 heteroatoms. The highest BCUT2D eigenvalue weighted by Gasteiger charge is 2.05. The van der Waals surface area contributed by atoms with Crippen molar-refractivity contribution in [2.45, 2.75) is 26.7 Å². The van der Waals surface area contributed by atoms with Crippen LogP contribution in [0.15, 0.2) is 18.2 Å². The third kappa shape index (κ3) is 4.34. The summed E-state index contributed by atoms with van der Waals surface area (Å²) < 4.78 is 10.1. The number of benzene rings is 1. The van der Waals surface area contributed by atoms with Crippen molar-refractivity contribution < 1.29 is 14.3 Å². The van der Waals surface area contributed by atoms with Crippen molar-refractivity contribution in [3.8, 4) is 5.75 Å². The lowest BCUT2D eigenvalue weighted by Gasteiger charge is -2.09. The number of anilines is 1. The average Bonchev–Trinajstić information content (AvgIpc) is 2.31. The van der Waals surface area contributed by atoms with E-state index in [1.165, 1.54) is 0 Å². The molecule has 0 aliphatic carbocycles. The van der Waals surface area contributed by atoms with Gasteiger partial charge in [0.05, 0.1) is 6.61 Å². The topological polar surface area (TPSA) is 61.5 Å². The number of carbonyl (C=O) groups excluding carboxylic acids is 1. The van der Waals surface area contributed by atoms with E-state index in [0.29, 0.717) is 12.4 Å². The summed E-state index contributed by atoms with van der Waals surface area (Å²) in [5.41, 5.74) is 7.64. The van der Waals surface area contributed by atoms with Crippen LogP contribution in [-0.4, -0.2) is 19.2 Å². The zero-order valence-electron chi connectivity index (χ0n) is 10.4. The van der Waals surface area contributed by atoms with Crippen LogP contribution < -0.4 is 10.5 Å². The lowest BCUT2D eigenvalue weighted by Crippen LogP contribution is -2.14. The Balaban J connectivity index is 2.59. The third-order valence-corrected chi connectivity index (χ3v) is 2.30. The maximum Gasteiger partial charge on any atom is 0.344 e. The Labute approximate surface area is 102 Å². The van der Waals surface area contributed by atoms with Gasteiger partial charge in [0.2, 0.25) is 0 Å². The van der Waals surface area contributed by atoms with E-state index in [-0.39, 0.29) is 12.6 Å². The van der Waals surface area contributed by atoms with Gasteiger partial charge in [0.15, 0.2) is 6.61 Å². The number of aryl methyl sites for hydroxylation is 1. The predicted molar refractivity (Wildman–Crippen MR) is 67.0 cm³/mol. The molecule has 0 aliphatic heterocycles. The van der Waals surface area contributed by atoms with E-state index in [1.807, 2.05) is 6.07 Å². The molecule has 1 rings (SSSR count). The summed E-state index contributed by atoms with van der Waals surface area (Å²) in [5, 5.41) is 0. The van der Waals surface area contributed by atoms with Gasteiger partial charge in [-0.25, -0.2) is 4.79 Å². The third-order valence-electron chi connectivity index (χ3n) is 2.30. The molecular formula is C13H19NO3. The number of hydrogen-bond acceptors (Lipinski definition) is 4. The van der Waals surface area contributed by atoms with Gasteiger partial charge in [-0.2, -0.15) is 0 Å². The lowest BCUT2D eigenvalue weighted by atomic mass is 10.1. The predicted octanol–water partition coefficient (Wildman–Crippen LogP) is 2.16. The van der Waals surface area contributed by atoms with Crippen molar-refractivity contribution >= 4 is 11.7 Å². The quantitative estimate of drug-likeness (QED) is 0.608. The maximum absolute atomic E-state index is 11.1. The van der Waals surface area contributed by atoms with Crippen LogP contribution in [0.5, 0.6) is 5.75 Å². The Morgan fingerprint density at radius 2 is 2.12 bits per heavy atom. The second kappa shape index (κ2) is 6.78. The van der Waals surface area contributed by atoms with Crippen LogP contribution in [0.2, 0.25) is 0 Å². The minimum Gasteiger partial charge on any atom is -0.482 e. The number of hydrogen-bond donors (Lipinski definition) is 1. The molecule has 0 amide bonds. The number of ether oxygens (including phenoxy) is 2. The van der Waals surface area contributed by atoms with Crippen LogP contribution in [0.25, 0.3) is 0 Å². The minimum atomic E-state index is -0.360. The zero-order valence-corrected chi connectivity index (χ0v) is 10.4. The molecule has 1 aromatic carbocycles. The van der Waals surface area contributed by atoms with E-state index in [1.54, 1.807) is 19.1 Å². The fraction of sp³-hybridized carbons (Fsp3) is 0.462. The van der Waals surface area contributed by atoms with Crippen molar-refractivity contribution in [3.05, 3.63) is 23.8 Å². The van der Waals surface area contributed by atoms with Crippen LogP contribution in [0.1, 0.15) is 25.8 Å². The summed E-state index contributed by atoms with van der Waals surface area (Å²) in [4.78, 5) is 11.1. The van der Waals surface area contributed by atoms with Gasteiger partial charge in [0, 0.05) is 5.69 Å². The first-order valence-electron chi connectivity index (χ1n) is 5.84. The molecule has 0 radical (unpaired) electrons. The second-order valence-electron chi connectivity index (χ2n) is 3.70. The molecule has 1 aromatic rings. The second-order valence-corrected chi connectivity index (χ2v) is 3.70. The van der Waals surface area contributed by atoms with Crippen LogP contribution >= 0.6 is 0 Å². The molecule has 2 N–H and O–H groups in total. The molecule has 0 atom stereocenters. The fourth-order valence-corrected chi connectivity index (χ4v) is 1.50. The van der Waals surface area contributed by atoms with Crippen molar-refractivity contribution in [1.29, 1.82) is 0 Å². The van der Waals surface area contributed by atoms with Crippen molar-refractivity contribution in [2.24, 2.45) is 0 Å². The first-order chi connectivity index (χ1) is 8.17. The van der Waals surface area contributed by atoms with E-state index < -0.39 is 0 Å². The first kappa shape index (κ1) is 13.4. The van der Waals surface area contributed by atoms with E-state index in [9.17, 15) is 4.79 Å². The Bertz CT molecular complexity index is 377. The molecule has 0 heterocycles. The highest BCUT2D eigenvalue weighted by atomic mass is 16.6. The van der Waals surface area contributed by atoms with Crippen LogP contribution in [0.4, 0.5) is 5.69 Å². The Hall–Kier alpha value is -1.71. The van der Waals surface area contributed by atoms with Gasteiger partial charge in [-0.05, 0) is 37.1 Å². The molecule has 0 saturated heterocycles. The van der Waals surface area contributed by atoms with Crippen LogP contribution in [-0.2, 0) is 16.0 Å². The van der Waals surface area contributed by atoms with Gasteiger partial charge >= 0.3 is 5.97 Å². The largest absolute Gasteiger partial charge is 0.482 e. The Kier molecular flexibility index (Phi) is 5.33. The number of nitrogen functional groups attached to an aromatic ring is 1. The van der Waals surface area contributed by atoms with Gasteiger partial charge < -0.3 is 15.2 Å². The summed E-state index contributed by atoms with van der Waals surface area (Å²) in [7, 11) is 0. The molecule has 0 fully saturated rings. The van der Waals surface area contributed by atoms with E-state index in [4.69, 9.17) is 15.2 Å². The molecule has 0 aromatic heterocycles. The molecule has 4 nitrogen and oxygen atoms in total. The first-order valence-corrected chi connectivity index (χ1v) is 5.84. The summed E-state index contributed by atoms with van der Waals surface area (Å²) in [6, 6.07) is 5.43. The van der Waals surface area contributed by atoms with Gasteiger partial charge in [0.1, 0.15) is 5.75 Å². The lowest BCUT2D eigenvalue weighted by molar-refractivity contribution is -0.145. The fourth-order valence-electron chi connectivity index (χ4n) is 1.50. The molecule has 94 valence electrons. The molecule has 0 saturated carbocycles. The van der Waals surface area contributed by atoms with E-state index in [2.05, 4.69) is 6.92 Å². The van der Waals surface area contributed by atoms with Gasteiger partial charge in [-0.15, -0.1) is 0 Å². The van der Waals surface area contributed by atoms with Crippen molar-refractivity contribution in [3.63, 3.8) is 0 Å². The molecular weight excluding hydrogens is 218 g/mol. The van der Waals surface area contributed by atoms with E-state index in [0.717, 1.165) is 24.1 Å². The Morgan fingerprint density at radius 1 is 1.35 bits per heavy atom. The normalized spacial score (nSPS) is 10.0. The highest BCUT2D eigenvalue weighted by Crippen LogP contribution is 2.21. The average molecular weight is 237 g/mol. The monoisotopic (exact) mass is 237 g/mol. The molecule has 0 bridgehead atoms. The van der Waals surface area contributed by atoms with E-state index >= 15 is 0 Å². The number of esters is 1. The van der Waals surface area contributed by atoms with Gasteiger partial charge in [-0.1, -0.05) is 13.3 Å². The minimum absolute atomic E-state index is 0.0661. The van der Waals surface area contributed by atoms with Crippen molar-refractivity contribution in [2.75, 3.05) is 18.9 Å². The summed E-state index contributed by atoms with van der Waals surface area (Å²) in [6.45, 7) is 4.15.